The van der Waals surface area contributed by atoms with Gasteiger partial charge in [-0.1, -0.05) is 0 Å². The number of rotatable bonds is 4. The van der Waals surface area contributed by atoms with Crippen molar-refractivity contribution in [3.63, 3.8) is 0 Å². The van der Waals surface area contributed by atoms with Gasteiger partial charge in [0.1, 0.15) is 17.7 Å². The molecular weight excluding hydrogens is 287 g/mol. The number of benzene rings is 1. The predicted molar refractivity (Wildman–Crippen MR) is 56.0 cm³/mol. The van der Waals surface area contributed by atoms with Crippen molar-refractivity contribution in [2.24, 2.45) is 0 Å². The quantitative estimate of drug-likeness (QED) is 0.299. The minimum absolute atomic E-state index is 0.262. The van der Waals surface area contributed by atoms with E-state index in [1.165, 1.54) is 0 Å². The number of ether oxygens (including phenoxy) is 1. The van der Waals surface area contributed by atoms with Crippen LogP contribution in [0.1, 0.15) is 12.0 Å². The number of carboxylic acids is 1. The summed E-state index contributed by atoms with van der Waals surface area (Å²) in [5.41, 5.74) is -2.79. The van der Waals surface area contributed by atoms with E-state index in [9.17, 15) is 32.9 Å². The van der Waals surface area contributed by atoms with Crippen molar-refractivity contribution in [3.8, 4) is 5.75 Å². The molecule has 0 unspecified atom stereocenters. The van der Waals surface area contributed by atoms with E-state index in [0.29, 0.717) is 6.07 Å². The number of nitrogens with zero attached hydrogens (tertiary/aromatic N) is 1. The molecule has 0 radical (unpaired) electrons. The number of hydrogen-bond donors (Lipinski definition) is 1. The molecule has 0 fully saturated rings. The van der Waals surface area contributed by atoms with Gasteiger partial charge >= 0.3 is 18.1 Å². The molecule has 1 aromatic carbocycles. The van der Waals surface area contributed by atoms with E-state index in [1.54, 1.807) is 0 Å². The molecule has 108 valence electrons. The summed E-state index contributed by atoms with van der Waals surface area (Å²) >= 11 is 0. The van der Waals surface area contributed by atoms with Crippen molar-refractivity contribution in [1.82, 2.24) is 0 Å². The van der Waals surface area contributed by atoms with Gasteiger partial charge in [-0.05, 0) is 6.07 Å². The van der Waals surface area contributed by atoms with E-state index in [1.807, 2.05) is 0 Å². The Labute approximate surface area is 108 Å². The highest BCUT2D eigenvalue weighted by atomic mass is 19.4. The van der Waals surface area contributed by atoms with E-state index in [0.717, 1.165) is 6.07 Å². The molecule has 0 saturated carbocycles. The van der Waals surface area contributed by atoms with Crippen LogP contribution in [0.3, 0.4) is 0 Å². The van der Waals surface area contributed by atoms with Gasteiger partial charge in [0.15, 0.2) is 0 Å². The predicted octanol–water partition coefficient (Wildman–Crippen LogP) is 1.99. The Morgan fingerprint density at radius 1 is 1.35 bits per heavy atom. The second kappa shape index (κ2) is 5.55. The van der Waals surface area contributed by atoms with Crippen LogP contribution in [0.4, 0.5) is 18.9 Å². The van der Waals surface area contributed by atoms with Crippen molar-refractivity contribution in [3.05, 3.63) is 33.9 Å². The van der Waals surface area contributed by atoms with E-state index in [2.05, 4.69) is 4.74 Å². The Morgan fingerprint density at radius 3 is 2.40 bits per heavy atom. The minimum Gasteiger partial charge on any atom is -0.481 e. The summed E-state index contributed by atoms with van der Waals surface area (Å²) in [4.78, 5) is 30.4. The summed E-state index contributed by atoms with van der Waals surface area (Å²) in [7, 11) is 0. The average Bonchev–Trinajstić information content (AvgIpc) is 2.25. The Kier molecular flexibility index (Phi) is 4.27. The van der Waals surface area contributed by atoms with Crippen LogP contribution in [0.15, 0.2) is 18.2 Å². The standard InChI is InChI=1S/C10H6F3NO6/c11-10(12,13)6-3-5(1-2-7(6)14(18)19)20-9(17)4-8(15)16/h1-3H,4H2,(H,15,16). The number of esters is 1. The fraction of sp³-hybridized carbons (Fsp3) is 0.200. The highest BCUT2D eigenvalue weighted by molar-refractivity contribution is 5.91. The van der Waals surface area contributed by atoms with Crippen LogP contribution in [0.25, 0.3) is 0 Å². The molecule has 0 heterocycles. The number of hydrogen-bond acceptors (Lipinski definition) is 5. The fourth-order valence-corrected chi connectivity index (χ4v) is 1.26. The van der Waals surface area contributed by atoms with Gasteiger partial charge in [-0.3, -0.25) is 19.7 Å². The molecule has 20 heavy (non-hydrogen) atoms. The third-order valence-corrected chi connectivity index (χ3v) is 2.00. The van der Waals surface area contributed by atoms with Crippen LogP contribution in [-0.2, 0) is 15.8 Å². The molecule has 0 saturated heterocycles. The number of carboxylic acid groups (broad SMARTS) is 1. The maximum Gasteiger partial charge on any atom is 0.423 e. The Bertz CT molecular complexity index is 569. The van der Waals surface area contributed by atoms with Gasteiger partial charge < -0.3 is 9.84 Å². The van der Waals surface area contributed by atoms with E-state index in [-0.39, 0.29) is 6.07 Å². The molecule has 0 amide bonds. The third kappa shape index (κ3) is 3.93. The fourth-order valence-electron chi connectivity index (χ4n) is 1.26. The van der Waals surface area contributed by atoms with Crippen molar-refractivity contribution in [2.75, 3.05) is 0 Å². The van der Waals surface area contributed by atoms with Gasteiger partial charge in [0.25, 0.3) is 5.69 Å². The number of aliphatic carboxylic acids is 1. The zero-order valence-electron chi connectivity index (χ0n) is 9.51. The first-order chi connectivity index (χ1) is 9.11. The molecule has 10 heteroatoms. The Balaban J connectivity index is 3.10. The van der Waals surface area contributed by atoms with Crippen LogP contribution in [0.2, 0.25) is 0 Å². The molecule has 0 aliphatic carbocycles. The summed E-state index contributed by atoms with van der Waals surface area (Å²) in [6.07, 6.45) is -6.06. The Morgan fingerprint density at radius 2 is 1.95 bits per heavy atom. The van der Waals surface area contributed by atoms with Gasteiger partial charge in [-0.2, -0.15) is 13.2 Å². The average molecular weight is 293 g/mol. The number of nitro groups is 1. The molecule has 0 atom stereocenters. The van der Waals surface area contributed by atoms with E-state index < -0.39 is 46.5 Å². The van der Waals surface area contributed by atoms with E-state index in [4.69, 9.17) is 5.11 Å². The summed E-state index contributed by atoms with van der Waals surface area (Å²) in [6.45, 7) is 0. The minimum atomic E-state index is -5.02. The normalized spacial score (nSPS) is 10.9. The molecule has 1 rings (SSSR count). The second-order valence-electron chi connectivity index (χ2n) is 3.48. The van der Waals surface area contributed by atoms with Crippen molar-refractivity contribution in [1.29, 1.82) is 0 Å². The monoisotopic (exact) mass is 293 g/mol. The highest BCUT2D eigenvalue weighted by Gasteiger charge is 2.38. The number of alkyl halides is 3. The summed E-state index contributed by atoms with van der Waals surface area (Å²) in [6, 6.07) is 1.55. The van der Waals surface area contributed by atoms with Gasteiger partial charge in [0, 0.05) is 12.1 Å². The molecule has 0 bridgehead atoms. The molecule has 1 aromatic rings. The summed E-state index contributed by atoms with van der Waals surface area (Å²) < 4.78 is 42.1. The lowest BCUT2D eigenvalue weighted by molar-refractivity contribution is -0.388. The summed E-state index contributed by atoms with van der Waals surface area (Å²) in [5, 5.41) is 18.8. The number of halogens is 3. The first-order valence-corrected chi connectivity index (χ1v) is 4.89. The maximum absolute atomic E-state index is 12.6. The first kappa shape index (κ1) is 15.4. The van der Waals surface area contributed by atoms with Crippen LogP contribution in [-0.4, -0.2) is 22.0 Å². The second-order valence-corrected chi connectivity index (χ2v) is 3.48. The van der Waals surface area contributed by atoms with Gasteiger partial charge in [-0.25, -0.2) is 0 Å². The number of nitro benzene ring substituents is 1. The molecule has 0 spiro atoms. The Hall–Kier alpha value is -2.65. The van der Waals surface area contributed by atoms with E-state index >= 15 is 0 Å². The van der Waals surface area contributed by atoms with Gasteiger partial charge in [0.05, 0.1) is 4.92 Å². The largest absolute Gasteiger partial charge is 0.481 e. The van der Waals surface area contributed by atoms with Crippen LogP contribution in [0.5, 0.6) is 5.75 Å². The maximum atomic E-state index is 12.6. The smallest absolute Gasteiger partial charge is 0.423 e. The molecule has 0 aliphatic heterocycles. The zero-order chi connectivity index (χ0) is 15.5. The van der Waals surface area contributed by atoms with Crippen LogP contribution in [0, 0.1) is 10.1 Å². The zero-order valence-corrected chi connectivity index (χ0v) is 9.51. The molecular formula is C10H6F3NO6. The molecule has 1 N–H and O–H groups in total. The highest BCUT2D eigenvalue weighted by Crippen LogP contribution is 2.38. The lowest BCUT2D eigenvalue weighted by Gasteiger charge is -2.09. The lowest BCUT2D eigenvalue weighted by Crippen LogP contribution is -2.14. The molecule has 0 aromatic heterocycles. The topological polar surface area (TPSA) is 107 Å². The van der Waals surface area contributed by atoms with Crippen LogP contribution >= 0.6 is 0 Å². The molecule has 7 nitrogen and oxygen atoms in total. The van der Waals surface area contributed by atoms with Crippen molar-refractivity contribution in [2.45, 2.75) is 12.6 Å². The van der Waals surface area contributed by atoms with Crippen LogP contribution < -0.4 is 4.74 Å². The molecule has 0 aliphatic rings. The van der Waals surface area contributed by atoms with Gasteiger partial charge in [-0.15, -0.1) is 0 Å². The van der Waals surface area contributed by atoms with Gasteiger partial charge in [0.2, 0.25) is 0 Å². The number of carbonyl (C=O) groups excluding carboxylic acids is 1. The van der Waals surface area contributed by atoms with Crippen molar-refractivity contribution < 1.29 is 37.5 Å². The van der Waals surface area contributed by atoms with Crippen molar-refractivity contribution >= 4 is 17.6 Å². The first-order valence-electron chi connectivity index (χ1n) is 4.89. The summed E-state index contributed by atoms with van der Waals surface area (Å²) in [5.74, 6) is -3.44. The lowest BCUT2D eigenvalue weighted by atomic mass is 10.1. The number of carbonyl (C=O) groups is 2. The third-order valence-electron chi connectivity index (χ3n) is 2.00. The SMILES string of the molecule is O=C(O)CC(=O)Oc1ccc([N+](=O)[O-])c(C(F)(F)F)c1.